The van der Waals surface area contributed by atoms with Crippen molar-refractivity contribution in [2.75, 3.05) is 19.6 Å². The zero-order valence-corrected chi connectivity index (χ0v) is 20.4. The average molecular weight is 467 g/mol. The number of likely N-dealkylation sites (tertiary alicyclic amines) is 1. The summed E-state index contributed by atoms with van der Waals surface area (Å²) in [5.41, 5.74) is 3.18. The van der Waals surface area contributed by atoms with Crippen LogP contribution >= 0.6 is 0 Å². The number of piperidine rings is 1. The van der Waals surface area contributed by atoms with E-state index in [1.807, 2.05) is 6.07 Å². The first kappa shape index (κ1) is 22.5. The van der Waals surface area contributed by atoms with E-state index in [1.54, 1.807) is 0 Å². The van der Waals surface area contributed by atoms with Crippen LogP contribution in [0.2, 0.25) is 0 Å². The van der Waals surface area contributed by atoms with E-state index in [9.17, 15) is 4.79 Å². The predicted molar refractivity (Wildman–Crippen MR) is 138 cm³/mol. The molecule has 1 N–H and O–H groups in total. The molecule has 0 bridgehead atoms. The summed E-state index contributed by atoms with van der Waals surface area (Å²) >= 11 is 0. The number of para-hydroxylation sites is 1. The SMILES string of the molecule is CC1(N2CC[C@@H](c3ccccc3)C[C@H]2c2ccccc2)C[C@]2(CNC[C@H]2C=O)c2ccccc2O1. The molecule has 4 nitrogen and oxygen atoms in total. The predicted octanol–water partition coefficient (Wildman–Crippen LogP) is 5.46. The fourth-order valence-corrected chi connectivity index (χ4v) is 7.08. The summed E-state index contributed by atoms with van der Waals surface area (Å²) in [7, 11) is 0. The molecule has 3 heterocycles. The third kappa shape index (κ3) is 3.80. The Balaban J connectivity index is 1.41. The molecule has 5 atom stereocenters. The number of hydrogen-bond acceptors (Lipinski definition) is 4. The van der Waals surface area contributed by atoms with Crippen LogP contribution < -0.4 is 10.1 Å². The van der Waals surface area contributed by atoms with Crippen molar-refractivity contribution >= 4 is 6.29 Å². The normalized spacial score (nSPS) is 32.7. The summed E-state index contributed by atoms with van der Waals surface area (Å²) in [4.78, 5) is 14.9. The van der Waals surface area contributed by atoms with E-state index >= 15 is 0 Å². The second kappa shape index (κ2) is 8.92. The minimum Gasteiger partial charge on any atom is -0.473 e. The van der Waals surface area contributed by atoms with Crippen molar-refractivity contribution in [3.63, 3.8) is 0 Å². The van der Waals surface area contributed by atoms with Crippen molar-refractivity contribution in [3.8, 4) is 5.75 Å². The Bertz CT molecular complexity index is 1180. The molecule has 35 heavy (non-hydrogen) atoms. The Morgan fingerprint density at radius 2 is 1.63 bits per heavy atom. The number of benzene rings is 3. The number of fused-ring (bicyclic) bond motifs is 2. The molecule has 2 fully saturated rings. The van der Waals surface area contributed by atoms with Crippen molar-refractivity contribution in [2.24, 2.45) is 5.92 Å². The third-order valence-electron chi connectivity index (χ3n) is 8.74. The molecular weight excluding hydrogens is 432 g/mol. The molecule has 3 aromatic rings. The van der Waals surface area contributed by atoms with Crippen LogP contribution in [0.3, 0.4) is 0 Å². The summed E-state index contributed by atoms with van der Waals surface area (Å²) in [6, 6.07) is 30.4. The van der Waals surface area contributed by atoms with E-state index in [-0.39, 0.29) is 17.4 Å². The topological polar surface area (TPSA) is 41.6 Å². The minimum absolute atomic E-state index is 0.0519. The van der Waals surface area contributed by atoms with Gasteiger partial charge in [0.2, 0.25) is 0 Å². The van der Waals surface area contributed by atoms with Gasteiger partial charge in [-0.25, -0.2) is 0 Å². The van der Waals surface area contributed by atoms with Gasteiger partial charge in [0.05, 0.1) is 0 Å². The van der Waals surface area contributed by atoms with Crippen molar-refractivity contribution in [1.29, 1.82) is 0 Å². The third-order valence-corrected chi connectivity index (χ3v) is 8.74. The van der Waals surface area contributed by atoms with Gasteiger partial charge in [0, 0.05) is 49.0 Å². The van der Waals surface area contributed by atoms with Gasteiger partial charge < -0.3 is 14.8 Å². The molecule has 6 rings (SSSR count). The Morgan fingerprint density at radius 3 is 2.37 bits per heavy atom. The summed E-state index contributed by atoms with van der Waals surface area (Å²) < 4.78 is 6.91. The zero-order chi connectivity index (χ0) is 23.9. The molecule has 3 aliphatic rings. The number of aldehydes is 1. The van der Waals surface area contributed by atoms with Crippen LogP contribution in [0, 0.1) is 5.92 Å². The van der Waals surface area contributed by atoms with Gasteiger partial charge in [-0.1, -0.05) is 78.9 Å². The van der Waals surface area contributed by atoms with E-state index < -0.39 is 5.72 Å². The lowest BCUT2D eigenvalue weighted by atomic mass is 9.66. The molecule has 3 aromatic carbocycles. The average Bonchev–Trinajstić information content (AvgIpc) is 3.31. The molecule has 180 valence electrons. The first-order valence-electron chi connectivity index (χ1n) is 12.9. The van der Waals surface area contributed by atoms with E-state index in [2.05, 4.69) is 96.0 Å². The number of nitrogens with one attached hydrogen (secondary N) is 1. The van der Waals surface area contributed by atoms with E-state index in [1.165, 1.54) is 23.0 Å². The Kier molecular flexibility index (Phi) is 5.74. The molecule has 0 aromatic heterocycles. The molecule has 0 aliphatic carbocycles. The molecule has 0 saturated carbocycles. The van der Waals surface area contributed by atoms with Gasteiger partial charge in [0.15, 0.2) is 5.72 Å². The summed E-state index contributed by atoms with van der Waals surface area (Å²) in [5, 5.41) is 3.53. The Hall–Kier alpha value is -2.95. The van der Waals surface area contributed by atoms with Gasteiger partial charge in [-0.05, 0) is 42.9 Å². The molecule has 0 amide bonds. The highest BCUT2D eigenvalue weighted by molar-refractivity contribution is 5.62. The van der Waals surface area contributed by atoms with Gasteiger partial charge in [-0.15, -0.1) is 0 Å². The van der Waals surface area contributed by atoms with Crippen LogP contribution in [0.4, 0.5) is 0 Å². The number of ether oxygens (including phenoxy) is 1. The van der Waals surface area contributed by atoms with Crippen LogP contribution in [0.25, 0.3) is 0 Å². The summed E-state index contributed by atoms with van der Waals surface area (Å²) in [6.45, 7) is 4.74. The van der Waals surface area contributed by atoms with Gasteiger partial charge in [-0.3, -0.25) is 4.90 Å². The van der Waals surface area contributed by atoms with Crippen LogP contribution in [0.1, 0.15) is 54.8 Å². The number of carbonyl (C=O) groups is 1. The van der Waals surface area contributed by atoms with Crippen LogP contribution in [0.15, 0.2) is 84.9 Å². The molecule has 3 aliphatic heterocycles. The lowest BCUT2D eigenvalue weighted by Gasteiger charge is -2.55. The van der Waals surface area contributed by atoms with Crippen molar-refractivity contribution in [1.82, 2.24) is 10.2 Å². The number of hydrogen-bond donors (Lipinski definition) is 1. The van der Waals surface area contributed by atoms with Gasteiger partial charge in [0.1, 0.15) is 12.0 Å². The van der Waals surface area contributed by atoms with Crippen molar-refractivity contribution in [2.45, 2.75) is 49.3 Å². The lowest BCUT2D eigenvalue weighted by molar-refractivity contribution is -0.141. The maximum absolute atomic E-state index is 12.3. The number of nitrogens with zero attached hydrogens (tertiary/aromatic N) is 1. The summed E-state index contributed by atoms with van der Waals surface area (Å²) in [5.74, 6) is 1.39. The molecule has 1 unspecified atom stereocenters. The second-order valence-corrected chi connectivity index (χ2v) is 10.7. The minimum atomic E-state index is -0.510. The fraction of sp³-hybridized carbons (Fsp3) is 0.387. The molecule has 0 radical (unpaired) electrons. The number of carbonyl (C=O) groups excluding carboxylic acids is 1. The highest BCUT2D eigenvalue weighted by Crippen LogP contribution is 2.54. The van der Waals surface area contributed by atoms with Gasteiger partial charge in [0.25, 0.3) is 0 Å². The highest BCUT2D eigenvalue weighted by atomic mass is 16.5. The Labute approximate surface area is 208 Å². The van der Waals surface area contributed by atoms with Crippen molar-refractivity contribution < 1.29 is 9.53 Å². The molecule has 1 spiro atoms. The lowest BCUT2D eigenvalue weighted by Crippen LogP contribution is -2.61. The standard InChI is InChI=1S/C31H34N2O2/c1-30(21-31(22-32-19-26(31)20-34)27-14-8-9-15-29(27)35-30)33-17-16-25(23-10-4-2-5-11-23)18-28(33)24-12-6-3-7-13-24/h2-15,20,25-26,28,32H,16-19,21-22H2,1H3/t25-,26+,28+,30?,31-/m1/s1. The molecule has 4 heteroatoms. The largest absolute Gasteiger partial charge is 0.473 e. The Morgan fingerprint density at radius 1 is 0.943 bits per heavy atom. The van der Waals surface area contributed by atoms with Crippen LogP contribution in [-0.2, 0) is 10.2 Å². The molecular formula is C31H34N2O2. The van der Waals surface area contributed by atoms with Crippen LogP contribution in [-0.4, -0.2) is 36.5 Å². The van der Waals surface area contributed by atoms with Crippen LogP contribution in [0.5, 0.6) is 5.75 Å². The number of rotatable bonds is 4. The zero-order valence-electron chi connectivity index (χ0n) is 20.4. The maximum atomic E-state index is 12.3. The van der Waals surface area contributed by atoms with E-state index in [0.717, 1.165) is 44.6 Å². The molecule has 2 saturated heterocycles. The maximum Gasteiger partial charge on any atom is 0.162 e. The second-order valence-electron chi connectivity index (χ2n) is 10.7. The first-order chi connectivity index (χ1) is 17.1. The first-order valence-corrected chi connectivity index (χ1v) is 12.9. The van der Waals surface area contributed by atoms with Gasteiger partial charge in [-0.2, -0.15) is 0 Å². The van der Waals surface area contributed by atoms with Crippen molar-refractivity contribution in [3.05, 3.63) is 102 Å². The fourth-order valence-electron chi connectivity index (χ4n) is 7.08. The van der Waals surface area contributed by atoms with E-state index in [0.29, 0.717) is 5.92 Å². The quantitative estimate of drug-likeness (QED) is 0.518. The smallest absolute Gasteiger partial charge is 0.162 e. The van der Waals surface area contributed by atoms with E-state index in [4.69, 9.17) is 4.74 Å². The highest BCUT2D eigenvalue weighted by Gasteiger charge is 2.56. The monoisotopic (exact) mass is 466 g/mol. The van der Waals surface area contributed by atoms with Gasteiger partial charge >= 0.3 is 0 Å². The summed E-state index contributed by atoms with van der Waals surface area (Å²) in [6.07, 6.45) is 4.11.